The van der Waals surface area contributed by atoms with E-state index in [1.54, 1.807) is 6.08 Å². The second-order valence-corrected chi connectivity index (χ2v) is 4.94. The van der Waals surface area contributed by atoms with Crippen LogP contribution in [0.15, 0.2) is 16.8 Å². The number of carbonyl (C=O) groups is 1. The lowest BCUT2D eigenvalue weighted by molar-refractivity contribution is -0.145. The number of esters is 1. The molecule has 0 aromatic rings. The molecule has 0 fully saturated rings. The zero-order chi connectivity index (χ0) is 13.5. The molecular weight excluding hydrogens is 230 g/mol. The van der Waals surface area contributed by atoms with Crippen molar-refractivity contribution < 1.29 is 14.7 Å². The number of oxime groups is 1. The van der Waals surface area contributed by atoms with Crippen LogP contribution < -0.4 is 0 Å². The summed E-state index contributed by atoms with van der Waals surface area (Å²) in [7, 11) is 1.42. The first-order valence-electron chi connectivity index (χ1n) is 6.61. The van der Waals surface area contributed by atoms with E-state index in [9.17, 15) is 4.79 Å². The molecule has 0 radical (unpaired) electrons. The zero-order valence-corrected chi connectivity index (χ0v) is 11.5. The van der Waals surface area contributed by atoms with Crippen molar-refractivity contribution in [1.29, 1.82) is 0 Å². The number of methoxy groups -OCH3 is 1. The number of rotatable bonds is 5. The summed E-state index contributed by atoms with van der Waals surface area (Å²) in [6.07, 6.45) is 6.83. The minimum Gasteiger partial charge on any atom is -0.469 e. The Morgan fingerprint density at radius 2 is 2.28 bits per heavy atom. The third-order valence-electron chi connectivity index (χ3n) is 3.59. The fourth-order valence-electron chi connectivity index (χ4n) is 2.67. The number of ether oxygens (including phenoxy) is 1. The molecule has 0 saturated heterocycles. The molecule has 0 heterocycles. The van der Waals surface area contributed by atoms with Gasteiger partial charge in [-0.15, -0.1) is 0 Å². The first-order chi connectivity index (χ1) is 8.63. The second-order valence-electron chi connectivity index (χ2n) is 4.94. The number of allylic oxidation sites excluding steroid dienone is 1. The number of nitrogens with zero attached hydrogens (tertiary/aromatic N) is 1. The molecule has 0 saturated carbocycles. The fourth-order valence-corrected chi connectivity index (χ4v) is 2.67. The van der Waals surface area contributed by atoms with Crippen LogP contribution in [0.3, 0.4) is 0 Å². The molecular formula is C14H23NO3. The van der Waals surface area contributed by atoms with Gasteiger partial charge in [0, 0.05) is 0 Å². The molecule has 0 aromatic carbocycles. The Labute approximate surface area is 109 Å². The van der Waals surface area contributed by atoms with E-state index in [1.807, 2.05) is 6.92 Å². The molecule has 4 nitrogen and oxygen atoms in total. The van der Waals surface area contributed by atoms with Crippen LogP contribution in [0.5, 0.6) is 0 Å². The fraction of sp³-hybridized carbons (Fsp3) is 0.714. The van der Waals surface area contributed by atoms with Crippen LogP contribution in [-0.4, -0.2) is 24.0 Å². The van der Waals surface area contributed by atoms with Crippen LogP contribution in [0.2, 0.25) is 0 Å². The summed E-state index contributed by atoms with van der Waals surface area (Å²) in [5, 5.41) is 12.2. The highest BCUT2D eigenvalue weighted by atomic mass is 16.5. The number of carbonyl (C=O) groups excluding carboxylic acids is 1. The zero-order valence-electron chi connectivity index (χ0n) is 11.5. The third-order valence-corrected chi connectivity index (χ3v) is 3.59. The highest BCUT2D eigenvalue weighted by molar-refractivity contribution is 5.98. The van der Waals surface area contributed by atoms with E-state index < -0.39 is 0 Å². The van der Waals surface area contributed by atoms with Gasteiger partial charge in [0.05, 0.1) is 18.7 Å². The SMILES string of the molecule is CCCCC[C@H]1C/C(=N\O)C=C(C)[C@@H]1C(=O)OC. The van der Waals surface area contributed by atoms with Crippen molar-refractivity contribution in [2.45, 2.75) is 46.0 Å². The van der Waals surface area contributed by atoms with Crippen LogP contribution in [0.4, 0.5) is 0 Å². The van der Waals surface area contributed by atoms with E-state index in [0.29, 0.717) is 12.1 Å². The van der Waals surface area contributed by atoms with Gasteiger partial charge in [-0.3, -0.25) is 4.79 Å². The molecule has 0 amide bonds. The lowest BCUT2D eigenvalue weighted by atomic mass is 9.75. The molecule has 4 heteroatoms. The van der Waals surface area contributed by atoms with Crippen LogP contribution in [0, 0.1) is 11.8 Å². The van der Waals surface area contributed by atoms with E-state index in [-0.39, 0.29) is 17.8 Å². The summed E-state index contributed by atoms with van der Waals surface area (Å²) in [6.45, 7) is 4.06. The minimum absolute atomic E-state index is 0.178. The van der Waals surface area contributed by atoms with Crippen molar-refractivity contribution in [3.05, 3.63) is 11.6 Å². The molecule has 0 bridgehead atoms. The molecule has 102 valence electrons. The van der Waals surface area contributed by atoms with Crippen molar-refractivity contribution in [3.63, 3.8) is 0 Å². The minimum atomic E-state index is -0.183. The van der Waals surface area contributed by atoms with Gasteiger partial charge in [-0.2, -0.15) is 0 Å². The van der Waals surface area contributed by atoms with E-state index in [0.717, 1.165) is 24.8 Å². The van der Waals surface area contributed by atoms with Gasteiger partial charge in [0.1, 0.15) is 0 Å². The summed E-state index contributed by atoms with van der Waals surface area (Å²) >= 11 is 0. The van der Waals surface area contributed by atoms with Crippen LogP contribution in [0.25, 0.3) is 0 Å². The van der Waals surface area contributed by atoms with Gasteiger partial charge < -0.3 is 9.94 Å². The molecule has 1 aliphatic carbocycles. The van der Waals surface area contributed by atoms with Crippen molar-refractivity contribution in [1.82, 2.24) is 0 Å². The summed E-state index contributed by atoms with van der Waals surface area (Å²) in [6, 6.07) is 0. The van der Waals surface area contributed by atoms with E-state index >= 15 is 0 Å². The van der Waals surface area contributed by atoms with Crippen LogP contribution in [0.1, 0.15) is 46.0 Å². The maximum Gasteiger partial charge on any atom is 0.313 e. The molecule has 0 aromatic heterocycles. The maximum atomic E-state index is 11.8. The van der Waals surface area contributed by atoms with Crippen LogP contribution >= 0.6 is 0 Å². The molecule has 1 aliphatic rings. The second kappa shape index (κ2) is 7.19. The predicted octanol–water partition coefficient (Wildman–Crippen LogP) is 3.15. The van der Waals surface area contributed by atoms with Crippen LogP contribution in [-0.2, 0) is 9.53 Å². The van der Waals surface area contributed by atoms with Crippen molar-refractivity contribution in [3.8, 4) is 0 Å². The lowest BCUT2D eigenvalue weighted by Gasteiger charge is -2.29. The average molecular weight is 253 g/mol. The quantitative estimate of drug-likeness (QED) is 0.354. The highest BCUT2D eigenvalue weighted by Gasteiger charge is 2.34. The molecule has 18 heavy (non-hydrogen) atoms. The third kappa shape index (κ3) is 3.59. The molecule has 1 rings (SSSR count). The van der Waals surface area contributed by atoms with Gasteiger partial charge in [-0.1, -0.05) is 36.9 Å². The maximum absolute atomic E-state index is 11.8. The Kier molecular flexibility index (Phi) is 5.89. The summed E-state index contributed by atoms with van der Waals surface area (Å²) < 4.78 is 4.88. The van der Waals surface area contributed by atoms with Gasteiger partial charge in [-0.05, 0) is 31.8 Å². The predicted molar refractivity (Wildman–Crippen MR) is 70.7 cm³/mol. The van der Waals surface area contributed by atoms with Gasteiger partial charge in [0.2, 0.25) is 0 Å². The molecule has 0 unspecified atom stereocenters. The monoisotopic (exact) mass is 253 g/mol. The standard InChI is InChI=1S/C14H23NO3/c1-4-5-6-7-11-9-12(15-17)8-10(2)13(11)14(16)18-3/h8,11,13,17H,4-7,9H2,1-3H3/b15-12-/t11-,13-/m0/s1. The largest absolute Gasteiger partial charge is 0.469 e. The summed E-state index contributed by atoms with van der Waals surface area (Å²) in [5.41, 5.74) is 1.59. The Morgan fingerprint density at radius 3 is 2.83 bits per heavy atom. The molecule has 2 atom stereocenters. The number of hydrogen-bond donors (Lipinski definition) is 1. The first kappa shape index (κ1) is 14.7. The van der Waals surface area contributed by atoms with E-state index in [1.165, 1.54) is 13.5 Å². The van der Waals surface area contributed by atoms with Crippen molar-refractivity contribution >= 4 is 11.7 Å². The molecule has 0 spiro atoms. The number of unbranched alkanes of at least 4 members (excludes halogenated alkanes) is 2. The molecule has 1 N–H and O–H groups in total. The van der Waals surface area contributed by atoms with E-state index in [4.69, 9.17) is 9.94 Å². The normalized spacial score (nSPS) is 25.9. The average Bonchev–Trinajstić information content (AvgIpc) is 2.37. The van der Waals surface area contributed by atoms with Crippen molar-refractivity contribution in [2.75, 3.05) is 7.11 Å². The molecule has 0 aliphatic heterocycles. The first-order valence-corrected chi connectivity index (χ1v) is 6.61. The lowest BCUT2D eigenvalue weighted by Crippen LogP contribution is -2.31. The summed E-state index contributed by atoms with van der Waals surface area (Å²) in [4.78, 5) is 11.8. The Morgan fingerprint density at radius 1 is 1.56 bits per heavy atom. The summed E-state index contributed by atoms with van der Waals surface area (Å²) in [5.74, 6) is -0.167. The highest BCUT2D eigenvalue weighted by Crippen LogP contribution is 2.34. The Balaban J connectivity index is 2.82. The van der Waals surface area contributed by atoms with Gasteiger partial charge in [-0.25, -0.2) is 0 Å². The van der Waals surface area contributed by atoms with Crippen molar-refractivity contribution in [2.24, 2.45) is 17.0 Å². The van der Waals surface area contributed by atoms with Gasteiger partial charge in [0.25, 0.3) is 0 Å². The van der Waals surface area contributed by atoms with E-state index in [2.05, 4.69) is 12.1 Å². The Hall–Kier alpha value is -1.32. The smallest absolute Gasteiger partial charge is 0.313 e. The topological polar surface area (TPSA) is 58.9 Å². The number of hydrogen-bond acceptors (Lipinski definition) is 4. The van der Waals surface area contributed by atoms with Gasteiger partial charge in [0.15, 0.2) is 0 Å². The van der Waals surface area contributed by atoms with Gasteiger partial charge >= 0.3 is 5.97 Å². The Bertz CT molecular complexity index is 347.